The summed E-state index contributed by atoms with van der Waals surface area (Å²) in [6.07, 6.45) is 0. The summed E-state index contributed by atoms with van der Waals surface area (Å²) in [4.78, 5) is 0. The number of hydrogen-bond donors (Lipinski definition) is 2. The fourth-order valence-corrected chi connectivity index (χ4v) is 1.16. The molecule has 0 aliphatic carbocycles. The number of halogens is 1. The van der Waals surface area contributed by atoms with Gasteiger partial charge in [0.15, 0.2) is 0 Å². The van der Waals surface area contributed by atoms with Crippen LogP contribution in [-0.4, -0.2) is 12.1 Å². The van der Waals surface area contributed by atoms with Crippen molar-refractivity contribution >= 4 is 17.3 Å². The zero-order valence-electron chi connectivity index (χ0n) is 7.97. The van der Waals surface area contributed by atoms with Crippen molar-refractivity contribution in [3.8, 4) is 0 Å². The van der Waals surface area contributed by atoms with Gasteiger partial charge in [-0.05, 0) is 26.0 Å². The summed E-state index contributed by atoms with van der Waals surface area (Å²) in [5, 5.41) is 4.01. The first-order chi connectivity index (χ1) is 6.05. The summed E-state index contributed by atoms with van der Waals surface area (Å²) < 4.78 is 0. The molecule has 0 fully saturated rings. The molecule has 0 amide bonds. The number of nitrogens with one attached hydrogen (secondary N) is 1. The topological polar surface area (TPSA) is 38.0 Å². The van der Waals surface area contributed by atoms with Crippen LogP contribution in [0.25, 0.3) is 0 Å². The van der Waals surface area contributed by atoms with Crippen LogP contribution in [0.4, 0.5) is 5.69 Å². The molecule has 1 rings (SSSR count). The normalized spacial score (nSPS) is 11.4. The highest BCUT2D eigenvalue weighted by Crippen LogP contribution is 2.23. The van der Waals surface area contributed by atoms with E-state index in [-0.39, 0.29) is 5.54 Å². The van der Waals surface area contributed by atoms with Gasteiger partial charge in [-0.1, -0.05) is 23.7 Å². The summed E-state index contributed by atoms with van der Waals surface area (Å²) in [7, 11) is 0. The minimum absolute atomic E-state index is 0.120. The Morgan fingerprint density at radius 1 is 1.38 bits per heavy atom. The predicted octanol–water partition coefficient (Wildman–Crippen LogP) is 2.49. The number of hydrogen-bond acceptors (Lipinski definition) is 2. The van der Waals surface area contributed by atoms with E-state index in [9.17, 15) is 0 Å². The summed E-state index contributed by atoms with van der Waals surface area (Å²) in [5.74, 6) is 0. The lowest BCUT2D eigenvalue weighted by atomic mass is 10.1. The predicted molar refractivity (Wildman–Crippen MR) is 58.2 cm³/mol. The summed E-state index contributed by atoms with van der Waals surface area (Å²) in [6, 6.07) is 7.65. The van der Waals surface area contributed by atoms with Crippen LogP contribution < -0.4 is 11.1 Å². The Morgan fingerprint density at radius 3 is 2.54 bits per heavy atom. The summed E-state index contributed by atoms with van der Waals surface area (Å²) >= 11 is 5.98. The van der Waals surface area contributed by atoms with Crippen molar-refractivity contribution in [3.05, 3.63) is 29.3 Å². The van der Waals surface area contributed by atoms with Crippen LogP contribution in [0.1, 0.15) is 13.8 Å². The van der Waals surface area contributed by atoms with E-state index in [2.05, 4.69) is 5.32 Å². The minimum atomic E-state index is -0.120. The molecule has 0 atom stereocenters. The van der Waals surface area contributed by atoms with Gasteiger partial charge in [-0.2, -0.15) is 0 Å². The molecule has 1 aromatic carbocycles. The van der Waals surface area contributed by atoms with Gasteiger partial charge in [-0.25, -0.2) is 0 Å². The molecule has 0 heterocycles. The van der Waals surface area contributed by atoms with E-state index < -0.39 is 0 Å². The van der Waals surface area contributed by atoms with E-state index in [0.717, 1.165) is 10.7 Å². The van der Waals surface area contributed by atoms with E-state index in [0.29, 0.717) is 6.54 Å². The van der Waals surface area contributed by atoms with Crippen molar-refractivity contribution < 1.29 is 0 Å². The van der Waals surface area contributed by atoms with Crippen LogP contribution in [0.2, 0.25) is 5.02 Å². The summed E-state index contributed by atoms with van der Waals surface area (Å²) in [6.45, 7) is 4.64. The Labute approximate surface area is 84.1 Å². The Balaban J connectivity index is 2.80. The van der Waals surface area contributed by atoms with Gasteiger partial charge in [-0.3, -0.25) is 0 Å². The highest BCUT2D eigenvalue weighted by molar-refractivity contribution is 6.33. The molecule has 0 aliphatic rings. The van der Waals surface area contributed by atoms with Crippen molar-refractivity contribution in [2.24, 2.45) is 5.73 Å². The molecule has 0 saturated heterocycles. The smallest absolute Gasteiger partial charge is 0.0637 e. The molecule has 13 heavy (non-hydrogen) atoms. The van der Waals surface area contributed by atoms with E-state index in [1.54, 1.807) is 0 Å². The van der Waals surface area contributed by atoms with Crippen molar-refractivity contribution in [1.29, 1.82) is 0 Å². The molecule has 0 bridgehead atoms. The molecule has 0 aromatic heterocycles. The van der Waals surface area contributed by atoms with Gasteiger partial charge in [0.2, 0.25) is 0 Å². The number of nitrogens with two attached hydrogens (primary N) is 1. The quantitative estimate of drug-likeness (QED) is 0.783. The van der Waals surface area contributed by atoms with Gasteiger partial charge in [0.05, 0.1) is 10.7 Å². The number of anilines is 1. The second kappa shape index (κ2) is 3.99. The standard InChI is InChI=1S/C10H15ClN2/c1-10(2,7-12)13-9-6-4-3-5-8(9)11/h3-6,13H,7,12H2,1-2H3. The van der Waals surface area contributed by atoms with E-state index in [1.165, 1.54) is 0 Å². The molecule has 0 unspecified atom stereocenters. The maximum Gasteiger partial charge on any atom is 0.0637 e. The van der Waals surface area contributed by atoms with Crippen LogP contribution in [-0.2, 0) is 0 Å². The number of benzene rings is 1. The lowest BCUT2D eigenvalue weighted by Crippen LogP contribution is -2.39. The van der Waals surface area contributed by atoms with Crippen molar-refractivity contribution in [2.45, 2.75) is 19.4 Å². The Morgan fingerprint density at radius 2 is 2.00 bits per heavy atom. The highest BCUT2D eigenvalue weighted by Gasteiger charge is 2.15. The lowest BCUT2D eigenvalue weighted by Gasteiger charge is -2.26. The number of para-hydroxylation sites is 1. The van der Waals surface area contributed by atoms with Crippen LogP contribution in [0.15, 0.2) is 24.3 Å². The zero-order chi connectivity index (χ0) is 9.90. The Kier molecular flexibility index (Phi) is 3.17. The first-order valence-electron chi connectivity index (χ1n) is 4.28. The van der Waals surface area contributed by atoms with Gasteiger partial charge in [0.1, 0.15) is 0 Å². The average molecular weight is 199 g/mol. The third-order valence-electron chi connectivity index (χ3n) is 1.86. The van der Waals surface area contributed by atoms with Gasteiger partial charge >= 0.3 is 0 Å². The molecule has 0 spiro atoms. The summed E-state index contributed by atoms with van der Waals surface area (Å²) in [5.41, 5.74) is 6.41. The van der Waals surface area contributed by atoms with Crippen molar-refractivity contribution in [1.82, 2.24) is 0 Å². The molecule has 72 valence electrons. The Bertz CT molecular complexity index is 284. The second-order valence-corrected chi connectivity index (χ2v) is 4.10. The number of rotatable bonds is 3. The maximum atomic E-state index is 5.98. The van der Waals surface area contributed by atoms with E-state index in [1.807, 2.05) is 38.1 Å². The first-order valence-corrected chi connectivity index (χ1v) is 4.66. The average Bonchev–Trinajstić information content (AvgIpc) is 2.09. The molecule has 3 heteroatoms. The van der Waals surface area contributed by atoms with Crippen LogP contribution >= 0.6 is 11.6 Å². The molecule has 0 radical (unpaired) electrons. The van der Waals surface area contributed by atoms with Gasteiger partial charge in [0, 0.05) is 12.1 Å². The molecule has 3 N–H and O–H groups in total. The third kappa shape index (κ3) is 2.90. The van der Waals surface area contributed by atoms with E-state index >= 15 is 0 Å². The van der Waals surface area contributed by atoms with E-state index in [4.69, 9.17) is 17.3 Å². The highest BCUT2D eigenvalue weighted by atomic mass is 35.5. The van der Waals surface area contributed by atoms with Gasteiger partial charge < -0.3 is 11.1 Å². The maximum absolute atomic E-state index is 5.98. The molecule has 2 nitrogen and oxygen atoms in total. The first kappa shape index (κ1) is 10.4. The van der Waals surface area contributed by atoms with Crippen LogP contribution in [0.3, 0.4) is 0 Å². The molecule has 1 aromatic rings. The van der Waals surface area contributed by atoms with Crippen molar-refractivity contribution in [2.75, 3.05) is 11.9 Å². The fourth-order valence-electron chi connectivity index (χ4n) is 0.978. The zero-order valence-corrected chi connectivity index (χ0v) is 8.73. The van der Waals surface area contributed by atoms with Crippen LogP contribution in [0, 0.1) is 0 Å². The lowest BCUT2D eigenvalue weighted by molar-refractivity contribution is 0.580. The third-order valence-corrected chi connectivity index (χ3v) is 2.19. The SMILES string of the molecule is CC(C)(CN)Nc1ccccc1Cl. The molecule has 0 saturated carbocycles. The monoisotopic (exact) mass is 198 g/mol. The van der Waals surface area contributed by atoms with Crippen LogP contribution in [0.5, 0.6) is 0 Å². The fraction of sp³-hybridized carbons (Fsp3) is 0.400. The van der Waals surface area contributed by atoms with Crippen molar-refractivity contribution in [3.63, 3.8) is 0 Å². The molecule has 0 aliphatic heterocycles. The molecular weight excluding hydrogens is 184 g/mol. The molecular formula is C10H15ClN2. The van der Waals surface area contributed by atoms with Gasteiger partial charge in [-0.15, -0.1) is 0 Å². The Hall–Kier alpha value is -0.730. The largest absolute Gasteiger partial charge is 0.378 e. The van der Waals surface area contributed by atoms with Gasteiger partial charge in [0.25, 0.3) is 0 Å². The second-order valence-electron chi connectivity index (χ2n) is 3.69. The minimum Gasteiger partial charge on any atom is -0.378 e.